The van der Waals surface area contributed by atoms with E-state index < -0.39 is 0 Å². The van der Waals surface area contributed by atoms with Crippen LogP contribution in [-0.2, 0) is 11.2 Å². The van der Waals surface area contributed by atoms with Gasteiger partial charge in [0, 0.05) is 33.4 Å². The summed E-state index contributed by atoms with van der Waals surface area (Å²) in [5.41, 5.74) is 2.28. The van der Waals surface area contributed by atoms with Gasteiger partial charge in [-0.2, -0.15) is 0 Å². The molecule has 0 spiro atoms. The Labute approximate surface area is 147 Å². The number of pyridine rings is 1. The SMILES string of the molecule is O=C(Cc1c(Cl)cccc1Cl)Nc1nc(-c2cccnc2)cs1. The Bertz CT molecular complexity index is 816. The third-order valence-electron chi connectivity index (χ3n) is 3.11. The number of carbonyl (C=O) groups is 1. The van der Waals surface area contributed by atoms with Gasteiger partial charge in [-0.25, -0.2) is 4.98 Å². The predicted molar refractivity (Wildman–Crippen MR) is 94.1 cm³/mol. The van der Waals surface area contributed by atoms with Crippen molar-refractivity contribution in [3.8, 4) is 11.3 Å². The highest BCUT2D eigenvalue weighted by atomic mass is 35.5. The molecular formula is C16H11Cl2N3OS. The van der Waals surface area contributed by atoms with Gasteiger partial charge in [-0.15, -0.1) is 11.3 Å². The maximum Gasteiger partial charge on any atom is 0.230 e. The molecule has 1 N–H and O–H groups in total. The zero-order chi connectivity index (χ0) is 16.2. The number of hydrogen-bond donors (Lipinski definition) is 1. The molecule has 0 saturated heterocycles. The van der Waals surface area contributed by atoms with Crippen LogP contribution in [0.15, 0.2) is 48.1 Å². The molecule has 2 aromatic heterocycles. The van der Waals surface area contributed by atoms with E-state index in [1.54, 1.807) is 30.6 Å². The maximum atomic E-state index is 12.2. The van der Waals surface area contributed by atoms with Gasteiger partial charge < -0.3 is 5.32 Å². The van der Waals surface area contributed by atoms with Gasteiger partial charge in [0.1, 0.15) is 0 Å². The van der Waals surface area contributed by atoms with Crippen LogP contribution in [0.4, 0.5) is 5.13 Å². The second-order valence-corrected chi connectivity index (χ2v) is 6.38. The summed E-state index contributed by atoms with van der Waals surface area (Å²) >= 11 is 13.5. The molecule has 0 aliphatic carbocycles. The van der Waals surface area contributed by atoms with E-state index in [1.807, 2.05) is 17.5 Å². The minimum Gasteiger partial charge on any atom is -0.302 e. The van der Waals surface area contributed by atoms with Crippen molar-refractivity contribution in [3.05, 3.63) is 63.7 Å². The topological polar surface area (TPSA) is 54.9 Å². The van der Waals surface area contributed by atoms with E-state index in [9.17, 15) is 4.79 Å². The Morgan fingerprint density at radius 1 is 1.17 bits per heavy atom. The molecule has 0 aliphatic rings. The lowest BCUT2D eigenvalue weighted by Crippen LogP contribution is -2.14. The first-order chi connectivity index (χ1) is 11.1. The minimum absolute atomic E-state index is 0.0975. The smallest absolute Gasteiger partial charge is 0.230 e. The number of anilines is 1. The third-order valence-corrected chi connectivity index (χ3v) is 4.57. The average molecular weight is 364 g/mol. The number of aromatic nitrogens is 2. The second kappa shape index (κ2) is 7.08. The molecule has 23 heavy (non-hydrogen) atoms. The molecule has 0 saturated carbocycles. The van der Waals surface area contributed by atoms with Crippen LogP contribution in [0.1, 0.15) is 5.56 Å². The number of nitrogens with one attached hydrogen (secondary N) is 1. The zero-order valence-corrected chi connectivity index (χ0v) is 14.1. The lowest BCUT2D eigenvalue weighted by molar-refractivity contribution is -0.115. The molecule has 116 valence electrons. The summed E-state index contributed by atoms with van der Waals surface area (Å²) in [5.74, 6) is -0.216. The molecule has 4 nitrogen and oxygen atoms in total. The fourth-order valence-electron chi connectivity index (χ4n) is 2.00. The predicted octanol–water partition coefficient (Wildman–Crippen LogP) is 4.69. The fraction of sp³-hybridized carbons (Fsp3) is 0.0625. The van der Waals surface area contributed by atoms with Crippen molar-refractivity contribution in [1.82, 2.24) is 9.97 Å². The Morgan fingerprint density at radius 2 is 1.96 bits per heavy atom. The van der Waals surface area contributed by atoms with Crippen LogP contribution in [0.3, 0.4) is 0 Å². The van der Waals surface area contributed by atoms with E-state index in [2.05, 4.69) is 15.3 Å². The molecule has 0 bridgehead atoms. The highest BCUT2D eigenvalue weighted by Gasteiger charge is 2.13. The molecular weight excluding hydrogens is 353 g/mol. The fourth-order valence-corrected chi connectivity index (χ4v) is 3.27. The van der Waals surface area contributed by atoms with Gasteiger partial charge in [0.2, 0.25) is 5.91 Å². The number of thiazole rings is 1. The third kappa shape index (κ3) is 3.88. The molecule has 1 amide bonds. The number of rotatable bonds is 4. The Morgan fingerprint density at radius 3 is 2.65 bits per heavy atom. The average Bonchev–Trinajstić information content (AvgIpc) is 3.00. The van der Waals surface area contributed by atoms with E-state index in [0.29, 0.717) is 20.7 Å². The molecule has 0 aliphatic heterocycles. The number of amides is 1. The van der Waals surface area contributed by atoms with E-state index in [0.717, 1.165) is 11.3 Å². The van der Waals surface area contributed by atoms with Gasteiger partial charge in [0.05, 0.1) is 12.1 Å². The van der Waals surface area contributed by atoms with Crippen LogP contribution in [0.5, 0.6) is 0 Å². The van der Waals surface area contributed by atoms with Gasteiger partial charge in [-0.3, -0.25) is 9.78 Å². The number of hydrogen-bond acceptors (Lipinski definition) is 4. The quantitative estimate of drug-likeness (QED) is 0.731. The van der Waals surface area contributed by atoms with Crippen molar-refractivity contribution in [2.45, 2.75) is 6.42 Å². The van der Waals surface area contributed by atoms with Gasteiger partial charge in [-0.1, -0.05) is 29.3 Å². The number of nitrogens with zero attached hydrogens (tertiary/aromatic N) is 2. The van der Waals surface area contributed by atoms with Gasteiger partial charge in [0.15, 0.2) is 5.13 Å². The monoisotopic (exact) mass is 363 g/mol. The molecule has 1 aromatic carbocycles. The van der Waals surface area contributed by atoms with Crippen molar-refractivity contribution in [1.29, 1.82) is 0 Å². The summed E-state index contributed by atoms with van der Waals surface area (Å²) < 4.78 is 0. The minimum atomic E-state index is -0.216. The molecule has 2 heterocycles. The molecule has 0 atom stereocenters. The first-order valence-corrected chi connectivity index (χ1v) is 8.35. The van der Waals surface area contributed by atoms with Crippen molar-refractivity contribution < 1.29 is 4.79 Å². The summed E-state index contributed by atoms with van der Waals surface area (Å²) in [6.45, 7) is 0. The standard InChI is InChI=1S/C16H11Cl2N3OS/c17-12-4-1-5-13(18)11(12)7-15(22)21-16-20-14(9-23-16)10-3-2-6-19-8-10/h1-6,8-9H,7H2,(H,20,21,22). The van der Waals surface area contributed by atoms with Gasteiger partial charge in [-0.05, 0) is 29.8 Å². The van der Waals surface area contributed by atoms with E-state index in [-0.39, 0.29) is 12.3 Å². The van der Waals surface area contributed by atoms with Crippen molar-refractivity contribution in [3.63, 3.8) is 0 Å². The second-order valence-electron chi connectivity index (χ2n) is 4.70. The first-order valence-electron chi connectivity index (χ1n) is 6.72. The van der Waals surface area contributed by atoms with Crippen LogP contribution >= 0.6 is 34.5 Å². The maximum absolute atomic E-state index is 12.2. The van der Waals surface area contributed by atoms with Crippen LogP contribution < -0.4 is 5.32 Å². The number of benzene rings is 1. The van der Waals surface area contributed by atoms with Crippen LogP contribution in [0.2, 0.25) is 10.0 Å². The first kappa shape index (κ1) is 15.9. The van der Waals surface area contributed by atoms with Crippen molar-refractivity contribution in [2.24, 2.45) is 0 Å². The summed E-state index contributed by atoms with van der Waals surface area (Å²) in [5, 5.41) is 6.11. The van der Waals surface area contributed by atoms with Crippen LogP contribution in [-0.4, -0.2) is 15.9 Å². The summed E-state index contributed by atoms with van der Waals surface area (Å²) in [6.07, 6.45) is 3.52. The van der Waals surface area contributed by atoms with E-state index in [4.69, 9.17) is 23.2 Å². The summed E-state index contributed by atoms with van der Waals surface area (Å²) in [7, 11) is 0. The van der Waals surface area contributed by atoms with Crippen molar-refractivity contribution in [2.75, 3.05) is 5.32 Å². The molecule has 0 unspecified atom stereocenters. The number of carbonyl (C=O) groups excluding carboxylic acids is 1. The Hall–Kier alpha value is -1.95. The number of halogens is 2. The van der Waals surface area contributed by atoms with Gasteiger partial charge >= 0.3 is 0 Å². The summed E-state index contributed by atoms with van der Waals surface area (Å²) in [4.78, 5) is 20.6. The van der Waals surface area contributed by atoms with Crippen LogP contribution in [0.25, 0.3) is 11.3 Å². The lowest BCUT2D eigenvalue weighted by atomic mass is 10.1. The highest BCUT2D eigenvalue weighted by Crippen LogP contribution is 2.26. The molecule has 3 rings (SSSR count). The molecule has 0 radical (unpaired) electrons. The van der Waals surface area contributed by atoms with Crippen molar-refractivity contribution >= 4 is 45.6 Å². The van der Waals surface area contributed by atoms with E-state index >= 15 is 0 Å². The normalized spacial score (nSPS) is 10.5. The lowest BCUT2D eigenvalue weighted by Gasteiger charge is -2.06. The molecule has 7 heteroatoms. The highest BCUT2D eigenvalue weighted by molar-refractivity contribution is 7.14. The van der Waals surface area contributed by atoms with Gasteiger partial charge in [0.25, 0.3) is 0 Å². The largest absolute Gasteiger partial charge is 0.302 e. The zero-order valence-electron chi connectivity index (χ0n) is 11.8. The summed E-state index contributed by atoms with van der Waals surface area (Å²) in [6, 6.07) is 8.91. The van der Waals surface area contributed by atoms with Crippen LogP contribution in [0, 0.1) is 0 Å². The Kier molecular flexibility index (Phi) is 4.91. The van der Waals surface area contributed by atoms with E-state index in [1.165, 1.54) is 11.3 Å². The molecule has 3 aromatic rings. The molecule has 0 fully saturated rings. The Balaban J connectivity index is 1.70.